The Bertz CT molecular complexity index is 906. The molecule has 0 radical (unpaired) electrons. The van der Waals surface area contributed by atoms with Gasteiger partial charge in [-0.1, -0.05) is 48.5 Å². The van der Waals surface area contributed by atoms with Crippen molar-refractivity contribution < 1.29 is 24.5 Å². The second kappa shape index (κ2) is 7.28. The molecule has 2 bridgehead atoms. The molecule has 0 saturated heterocycles. The molecule has 29 heavy (non-hydrogen) atoms. The smallest absolute Gasteiger partial charge is 0.311 e. The molecule has 6 heteroatoms. The fraction of sp³-hybridized carbons (Fsp3) is 0.391. The summed E-state index contributed by atoms with van der Waals surface area (Å²) >= 11 is 0. The number of carboxylic acids is 1. The number of carbonyl (C=O) groups is 2. The van der Waals surface area contributed by atoms with Crippen LogP contribution in [0.4, 0.5) is 0 Å². The fourth-order valence-corrected chi connectivity index (χ4v) is 5.11. The Morgan fingerprint density at radius 2 is 1.66 bits per heavy atom. The van der Waals surface area contributed by atoms with Gasteiger partial charge >= 0.3 is 5.97 Å². The molecule has 152 valence electrons. The maximum atomic E-state index is 13.1. The zero-order valence-electron chi connectivity index (χ0n) is 16.5. The number of benzene rings is 2. The molecule has 3 atom stereocenters. The number of amides is 1. The van der Waals surface area contributed by atoms with Gasteiger partial charge in [-0.25, -0.2) is 0 Å². The second-order valence-corrected chi connectivity index (χ2v) is 7.78. The number of aliphatic hydroxyl groups excluding tert-OH is 1. The normalized spacial score (nSPS) is 27.6. The third kappa shape index (κ3) is 2.78. The summed E-state index contributed by atoms with van der Waals surface area (Å²) in [5.41, 5.74) is 1.99. The number of fused-ring (bicyclic) bond motifs is 1. The van der Waals surface area contributed by atoms with E-state index in [9.17, 15) is 19.8 Å². The first-order chi connectivity index (χ1) is 13.9. The molecule has 3 N–H and O–H groups in total. The van der Waals surface area contributed by atoms with E-state index in [4.69, 9.17) is 4.74 Å². The summed E-state index contributed by atoms with van der Waals surface area (Å²) in [6, 6.07) is 15.2. The molecule has 0 aliphatic heterocycles. The van der Waals surface area contributed by atoms with Gasteiger partial charge in [0.15, 0.2) is 0 Å². The maximum absolute atomic E-state index is 13.1. The molecule has 0 saturated carbocycles. The van der Waals surface area contributed by atoms with Gasteiger partial charge in [0.1, 0.15) is 11.5 Å². The number of ether oxygens (including phenoxy) is 1. The lowest BCUT2D eigenvalue weighted by atomic mass is 9.51. The van der Waals surface area contributed by atoms with Crippen LogP contribution >= 0.6 is 0 Å². The van der Waals surface area contributed by atoms with Crippen molar-refractivity contribution in [1.82, 2.24) is 5.32 Å². The molecule has 3 aliphatic rings. The van der Waals surface area contributed by atoms with Crippen LogP contribution in [0.2, 0.25) is 0 Å². The van der Waals surface area contributed by atoms with Gasteiger partial charge in [-0.2, -0.15) is 0 Å². The van der Waals surface area contributed by atoms with E-state index in [0.717, 1.165) is 22.3 Å². The van der Waals surface area contributed by atoms with Crippen molar-refractivity contribution in [3.8, 4) is 0 Å². The van der Waals surface area contributed by atoms with Crippen molar-refractivity contribution in [3.63, 3.8) is 0 Å². The van der Waals surface area contributed by atoms with E-state index in [1.165, 1.54) is 0 Å². The van der Waals surface area contributed by atoms with Crippen molar-refractivity contribution in [2.24, 2.45) is 11.8 Å². The number of carboxylic acid groups (broad SMARTS) is 1. The van der Waals surface area contributed by atoms with E-state index in [1.807, 2.05) is 55.5 Å². The van der Waals surface area contributed by atoms with Crippen LogP contribution in [0, 0.1) is 11.8 Å². The first kappa shape index (κ1) is 19.6. The Morgan fingerprint density at radius 3 is 2.14 bits per heavy atom. The van der Waals surface area contributed by atoms with Crippen molar-refractivity contribution in [2.75, 3.05) is 13.2 Å². The number of carbonyl (C=O) groups excluding carboxylic acids is 1. The van der Waals surface area contributed by atoms with Gasteiger partial charge in [-0.05, 0) is 36.1 Å². The molecule has 0 fully saturated rings. The molecule has 5 rings (SSSR count). The minimum Gasteiger partial charge on any atom is -0.481 e. The van der Waals surface area contributed by atoms with E-state index in [2.05, 4.69) is 5.32 Å². The number of hydrogen-bond acceptors (Lipinski definition) is 4. The highest BCUT2D eigenvalue weighted by Gasteiger charge is 2.64. The molecular weight excluding hydrogens is 370 g/mol. The van der Waals surface area contributed by atoms with Gasteiger partial charge in [0.2, 0.25) is 5.91 Å². The third-order valence-corrected chi connectivity index (χ3v) is 6.02. The Morgan fingerprint density at radius 1 is 1.10 bits per heavy atom. The molecule has 0 heterocycles. The van der Waals surface area contributed by atoms with E-state index >= 15 is 0 Å². The SMILES string of the molecule is CCNC(=O)C1C2c3ccccc3C(OCC(C)O)(c3ccccc32)C1C(=O)O. The summed E-state index contributed by atoms with van der Waals surface area (Å²) < 4.78 is 6.29. The van der Waals surface area contributed by atoms with Gasteiger partial charge in [0, 0.05) is 12.5 Å². The summed E-state index contributed by atoms with van der Waals surface area (Å²) in [5, 5.41) is 23.1. The average molecular weight is 395 g/mol. The topological polar surface area (TPSA) is 95.9 Å². The van der Waals surface area contributed by atoms with Crippen molar-refractivity contribution in [3.05, 3.63) is 70.8 Å². The zero-order chi connectivity index (χ0) is 20.8. The predicted octanol–water partition coefficient (Wildman–Crippen LogP) is 2.24. The quantitative estimate of drug-likeness (QED) is 0.697. The molecule has 3 unspecified atom stereocenters. The van der Waals surface area contributed by atoms with Gasteiger partial charge < -0.3 is 20.3 Å². The van der Waals surface area contributed by atoms with Crippen LogP contribution in [0.3, 0.4) is 0 Å². The van der Waals surface area contributed by atoms with Gasteiger partial charge in [0.05, 0.1) is 18.6 Å². The number of hydrogen-bond donors (Lipinski definition) is 3. The third-order valence-electron chi connectivity index (χ3n) is 6.02. The first-order valence-corrected chi connectivity index (χ1v) is 9.94. The predicted molar refractivity (Wildman–Crippen MR) is 106 cm³/mol. The van der Waals surface area contributed by atoms with Gasteiger partial charge in [0.25, 0.3) is 0 Å². The minimum absolute atomic E-state index is 0.0424. The molecule has 2 aromatic rings. The standard InChI is InChI=1S/C23H25NO5/c1-3-24-21(26)19-18-14-8-4-6-10-16(14)23(20(19)22(27)28,29-12-13(2)25)17-11-7-5-9-15(17)18/h4-11,13,18-20,25H,3,12H2,1-2H3,(H,24,26)(H,27,28). The Hall–Kier alpha value is -2.70. The Labute approximate surface area is 169 Å². The van der Waals surface area contributed by atoms with E-state index < -0.39 is 29.5 Å². The monoisotopic (exact) mass is 395 g/mol. The van der Waals surface area contributed by atoms with Crippen LogP contribution < -0.4 is 5.32 Å². The summed E-state index contributed by atoms with van der Waals surface area (Å²) in [4.78, 5) is 25.7. The molecule has 6 nitrogen and oxygen atoms in total. The number of aliphatic hydroxyl groups is 1. The summed E-state index contributed by atoms with van der Waals surface area (Å²) in [6.07, 6.45) is -0.777. The highest BCUT2D eigenvalue weighted by molar-refractivity contribution is 5.90. The fourth-order valence-electron chi connectivity index (χ4n) is 5.11. The second-order valence-electron chi connectivity index (χ2n) is 7.78. The van der Waals surface area contributed by atoms with E-state index in [1.54, 1.807) is 6.92 Å². The average Bonchev–Trinajstić information content (AvgIpc) is 2.71. The highest BCUT2D eigenvalue weighted by atomic mass is 16.5. The first-order valence-electron chi connectivity index (χ1n) is 9.94. The zero-order valence-corrected chi connectivity index (χ0v) is 16.5. The number of nitrogens with one attached hydrogen (secondary N) is 1. The minimum atomic E-state index is -1.35. The van der Waals surface area contributed by atoms with Crippen molar-refractivity contribution >= 4 is 11.9 Å². The molecular formula is C23H25NO5. The molecule has 1 amide bonds. The molecule has 0 aromatic heterocycles. The number of aliphatic carboxylic acids is 1. The Kier molecular flexibility index (Phi) is 4.92. The maximum Gasteiger partial charge on any atom is 0.311 e. The van der Waals surface area contributed by atoms with Crippen LogP contribution in [0.1, 0.15) is 42.0 Å². The van der Waals surface area contributed by atoms with Crippen molar-refractivity contribution in [1.29, 1.82) is 0 Å². The summed E-state index contributed by atoms with van der Waals surface area (Å²) in [5.74, 6) is -3.67. The molecule has 0 spiro atoms. The summed E-state index contributed by atoms with van der Waals surface area (Å²) in [6.45, 7) is 3.79. The lowest BCUT2D eigenvalue weighted by Gasteiger charge is -2.55. The number of rotatable bonds is 6. The van der Waals surface area contributed by atoms with Crippen LogP contribution in [-0.2, 0) is 19.9 Å². The van der Waals surface area contributed by atoms with Gasteiger partial charge in [-0.3, -0.25) is 9.59 Å². The van der Waals surface area contributed by atoms with Crippen LogP contribution in [0.15, 0.2) is 48.5 Å². The highest BCUT2D eigenvalue weighted by Crippen LogP contribution is 2.62. The molecule has 2 aromatic carbocycles. The lowest BCUT2D eigenvalue weighted by Crippen LogP contribution is -2.60. The van der Waals surface area contributed by atoms with Crippen LogP contribution in [-0.4, -0.2) is 41.3 Å². The lowest BCUT2D eigenvalue weighted by molar-refractivity contribution is -0.173. The summed E-state index contributed by atoms with van der Waals surface area (Å²) in [7, 11) is 0. The molecule has 3 aliphatic carbocycles. The van der Waals surface area contributed by atoms with E-state index in [-0.39, 0.29) is 18.4 Å². The van der Waals surface area contributed by atoms with Crippen molar-refractivity contribution in [2.45, 2.75) is 31.5 Å². The largest absolute Gasteiger partial charge is 0.481 e. The van der Waals surface area contributed by atoms with Crippen LogP contribution in [0.25, 0.3) is 0 Å². The Balaban J connectivity index is 2.05. The van der Waals surface area contributed by atoms with E-state index in [0.29, 0.717) is 6.54 Å². The van der Waals surface area contributed by atoms with Crippen LogP contribution in [0.5, 0.6) is 0 Å². The van der Waals surface area contributed by atoms with Gasteiger partial charge in [-0.15, -0.1) is 0 Å².